The standard InChI is InChI=1S/C19H25N5O/c1-12-2-4-21-18-22-16(23-24(12)18)17(25)20-5-3-19-9-13-6-14(10-19)8-15(7-13)11-19/h2,4,13-15H,3,5-11H2,1H3,(H,20,25). The van der Waals surface area contributed by atoms with Gasteiger partial charge in [-0.05, 0) is 81.1 Å². The molecule has 4 aliphatic rings. The maximum absolute atomic E-state index is 12.4. The smallest absolute Gasteiger partial charge is 0.291 e. The van der Waals surface area contributed by atoms with Gasteiger partial charge in [0.05, 0.1) is 0 Å². The van der Waals surface area contributed by atoms with Crippen molar-refractivity contribution >= 4 is 11.7 Å². The normalized spacial score (nSPS) is 33.1. The van der Waals surface area contributed by atoms with Crippen molar-refractivity contribution in [1.29, 1.82) is 0 Å². The Morgan fingerprint density at radius 2 is 1.92 bits per heavy atom. The van der Waals surface area contributed by atoms with Gasteiger partial charge in [0.25, 0.3) is 11.7 Å². The molecule has 2 aromatic heterocycles. The summed E-state index contributed by atoms with van der Waals surface area (Å²) in [5, 5.41) is 7.34. The average Bonchev–Trinajstić information content (AvgIpc) is 2.99. The van der Waals surface area contributed by atoms with E-state index >= 15 is 0 Å². The van der Waals surface area contributed by atoms with Crippen LogP contribution in [0.5, 0.6) is 0 Å². The largest absolute Gasteiger partial charge is 0.349 e. The number of hydrogen-bond acceptors (Lipinski definition) is 4. The molecule has 4 bridgehead atoms. The number of aryl methyl sites for hydroxylation is 1. The van der Waals surface area contributed by atoms with Gasteiger partial charge in [-0.1, -0.05) is 0 Å². The van der Waals surface area contributed by atoms with Crippen LogP contribution >= 0.6 is 0 Å². The van der Waals surface area contributed by atoms with Crippen molar-refractivity contribution in [1.82, 2.24) is 24.9 Å². The van der Waals surface area contributed by atoms with Crippen LogP contribution in [0.15, 0.2) is 12.3 Å². The van der Waals surface area contributed by atoms with Crippen LogP contribution in [-0.2, 0) is 0 Å². The molecule has 4 saturated carbocycles. The fourth-order valence-electron chi connectivity index (χ4n) is 6.12. The van der Waals surface area contributed by atoms with E-state index in [1.807, 2.05) is 13.0 Å². The van der Waals surface area contributed by atoms with Crippen LogP contribution in [0, 0.1) is 30.1 Å². The molecule has 25 heavy (non-hydrogen) atoms. The van der Waals surface area contributed by atoms with Crippen molar-refractivity contribution in [3.8, 4) is 0 Å². The van der Waals surface area contributed by atoms with Crippen molar-refractivity contribution in [2.24, 2.45) is 23.2 Å². The summed E-state index contributed by atoms with van der Waals surface area (Å²) >= 11 is 0. The topological polar surface area (TPSA) is 72.2 Å². The summed E-state index contributed by atoms with van der Waals surface area (Å²) in [4.78, 5) is 20.8. The summed E-state index contributed by atoms with van der Waals surface area (Å²) in [5.74, 6) is 3.37. The lowest BCUT2D eigenvalue weighted by Gasteiger charge is -2.57. The number of hydrogen-bond donors (Lipinski definition) is 1. The van der Waals surface area contributed by atoms with E-state index in [2.05, 4.69) is 20.4 Å². The molecule has 6 heteroatoms. The van der Waals surface area contributed by atoms with Gasteiger partial charge >= 0.3 is 0 Å². The lowest BCUT2D eigenvalue weighted by molar-refractivity contribution is -0.0564. The minimum atomic E-state index is -0.186. The Hall–Kier alpha value is -1.98. The maximum Gasteiger partial charge on any atom is 0.291 e. The fourth-order valence-corrected chi connectivity index (χ4v) is 6.12. The van der Waals surface area contributed by atoms with Crippen LogP contribution in [0.25, 0.3) is 5.78 Å². The molecular formula is C19H25N5O. The molecule has 0 aromatic carbocycles. The molecule has 4 aliphatic carbocycles. The van der Waals surface area contributed by atoms with Gasteiger partial charge in [0, 0.05) is 18.4 Å². The van der Waals surface area contributed by atoms with Gasteiger partial charge in [-0.25, -0.2) is 9.50 Å². The Kier molecular flexibility index (Phi) is 3.37. The highest BCUT2D eigenvalue weighted by atomic mass is 16.2. The number of fused-ring (bicyclic) bond motifs is 1. The van der Waals surface area contributed by atoms with Crippen LogP contribution in [0.4, 0.5) is 0 Å². The van der Waals surface area contributed by atoms with Gasteiger partial charge in [0.2, 0.25) is 5.82 Å². The predicted octanol–water partition coefficient (Wildman–Crippen LogP) is 2.77. The highest BCUT2D eigenvalue weighted by Gasteiger charge is 2.50. The molecule has 0 saturated heterocycles. The summed E-state index contributed by atoms with van der Waals surface area (Å²) in [6.07, 6.45) is 11.3. The van der Waals surface area contributed by atoms with E-state index in [-0.39, 0.29) is 11.7 Å². The number of rotatable bonds is 4. The molecule has 0 radical (unpaired) electrons. The van der Waals surface area contributed by atoms with Crippen LogP contribution in [0.2, 0.25) is 0 Å². The number of carbonyl (C=O) groups is 1. The van der Waals surface area contributed by atoms with E-state index in [4.69, 9.17) is 0 Å². The second-order valence-corrected chi connectivity index (χ2v) is 8.66. The first-order chi connectivity index (χ1) is 12.1. The SMILES string of the molecule is Cc1ccnc2nc(C(=O)NCCC34CC5CC(CC(C5)C3)C4)nn12. The molecule has 0 atom stereocenters. The summed E-state index contributed by atoms with van der Waals surface area (Å²) in [6.45, 7) is 2.66. The highest BCUT2D eigenvalue weighted by Crippen LogP contribution is 2.61. The Labute approximate surface area is 147 Å². The zero-order valence-corrected chi connectivity index (χ0v) is 14.7. The zero-order chi connectivity index (χ0) is 17.0. The van der Waals surface area contributed by atoms with Crippen LogP contribution in [0.3, 0.4) is 0 Å². The third-order valence-electron chi connectivity index (χ3n) is 6.74. The number of nitrogens with one attached hydrogen (secondary N) is 1. The van der Waals surface area contributed by atoms with Crippen LogP contribution in [0.1, 0.15) is 61.3 Å². The maximum atomic E-state index is 12.4. The van der Waals surface area contributed by atoms with Crippen molar-refractivity contribution < 1.29 is 4.79 Å². The minimum absolute atomic E-state index is 0.186. The Bertz CT molecular complexity index is 791. The van der Waals surface area contributed by atoms with Gasteiger partial charge < -0.3 is 5.32 Å². The first-order valence-electron chi connectivity index (χ1n) is 9.57. The molecule has 1 amide bonds. The molecule has 6 nitrogen and oxygen atoms in total. The number of amides is 1. The van der Waals surface area contributed by atoms with E-state index in [0.717, 1.165) is 36.4 Å². The minimum Gasteiger partial charge on any atom is -0.349 e. The van der Waals surface area contributed by atoms with Gasteiger partial charge in [-0.15, -0.1) is 5.10 Å². The molecule has 0 spiro atoms. The van der Waals surface area contributed by atoms with E-state index in [9.17, 15) is 4.79 Å². The molecule has 0 unspecified atom stereocenters. The Balaban J connectivity index is 1.24. The number of nitrogens with zero attached hydrogens (tertiary/aromatic N) is 4. The van der Waals surface area contributed by atoms with Crippen molar-refractivity contribution in [3.05, 3.63) is 23.8 Å². The monoisotopic (exact) mass is 339 g/mol. The molecule has 1 N–H and O–H groups in total. The number of aromatic nitrogens is 4. The summed E-state index contributed by atoms with van der Waals surface area (Å²) < 4.78 is 1.62. The van der Waals surface area contributed by atoms with Gasteiger partial charge in [0.15, 0.2) is 0 Å². The number of carbonyl (C=O) groups excluding carboxylic acids is 1. The fraction of sp³-hybridized carbons (Fsp3) is 0.684. The first kappa shape index (κ1) is 15.3. The van der Waals surface area contributed by atoms with Crippen molar-refractivity contribution in [3.63, 3.8) is 0 Å². The Morgan fingerprint density at radius 3 is 2.56 bits per heavy atom. The lowest BCUT2D eigenvalue weighted by Crippen LogP contribution is -2.47. The molecule has 0 aliphatic heterocycles. The lowest BCUT2D eigenvalue weighted by atomic mass is 9.49. The van der Waals surface area contributed by atoms with E-state index < -0.39 is 0 Å². The second-order valence-electron chi connectivity index (χ2n) is 8.66. The van der Waals surface area contributed by atoms with Crippen LogP contribution < -0.4 is 5.32 Å². The van der Waals surface area contributed by atoms with Crippen molar-refractivity contribution in [2.45, 2.75) is 51.9 Å². The van der Waals surface area contributed by atoms with E-state index in [0.29, 0.717) is 11.2 Å². The van der Waals surface area contributed by atoms with Crippen LogP contribution in [-0.4, -0.2) is 32.0 Å². The molecular weight excluding hydrogens is 314 g/mol. The third kappa shape index (κ3) is 2.62. The first-order valence-corrected chi connectivity index (χ1v) is 9.57. The predicted molar refractivity (Wildman–Crippen MR) is 93.1 cm³/mol. The van der Waals surface area contributed by atoms with E-state index in [1.54, 1.807) is 10.7 Å². The molecule has 6 rings (SSSR count). The summed E-state index contributed by atoms with van der Waals surface area (Å²) in [6, 6.07) is 1.86. The quantitative estimate of drug-likeness (QED) is 0.930. The summed E-state index contributed by atoms with van der Waals surface area (Å²) in [5.41, 5.74) is 1.41. The third-order valence-corrected chi connectivity index (χ3v) is 6.74. The zero-order valence-electron chi connectivity index (χ0n) is 14.7. The molecule has 4 fully saturated rings. The van der Waals surface area contributed by atoms with Gasteiger partial charge in [-0.3, -0.25) is 4.79 Å². The van der Waals surface area contributed by atoms with Gasteiger partial charge in [-0.2, -0.15) is 4.98 Å². The average molecular weight is 339 g/mol. The Morgan fingerprint density at radius 1 is 1.24 bits per heavy atom. The second kappa shape index (κ2) is 5.51. The molecule has 2 aromatic rings. The molecule has 132 valence electrons. The highest BCUT2D eigenvalue weighted by molar-refractivity contribution is 5.90. The van der Waals surface area contributed by atoms with Gasteiger partial charge in [0.1, 0.15) is 0 Å². The van der Waals surface area contributed by atoms with E-state index in [1.165, 1.54) is 38.5 Å². The van der Waals surface area contributed by atoms with Crippen molar-refractivity contribution in [2.75, 3.05) is 6.54 Å². The summed E-state index contributed by atoms with van der Waals surface area (Å²) in [7, 11) is 0. The molecule has 2 heterocycles.